The van der Waals surface area contributed by atoms with Gasteiger partial charge in [0.1, 0.15) is 11.9 Å². The van der Waals surface area contributed by atoms with Gasteiger partial charge in [-0.2, -0.15) is 0 Å². The molecule has 2 aliphatic rings. The van der Waals surface area contributed by atoms with Gasteiger partial charge in [-0.1, -0.05) is 17.7 Å². The molecule has 5 rings (SSSR count). The number of benzene rings is 1. The number of piperidine rings is 1. The number of carbonyl (C=O) groups is 1. The Balaban J connectivity index is 1.42. The SMILES string of the molecule is O=C(c1cccc(F)c1-c1ncccn1)N1C[C@H]2C[C@@H](Oc3ccc(Cl)cn3)[C@@H]1C2. The Morgan fingerprint density at radius 1 is 1.10 bits per heavy atom. The smallest absolute Gasteiger partial charge is 0.255 e. The first-order valence-corrected chi connectivity index (χ1v) is 10.1. The number of rotatable bonds is 4. The van der Waals surface area contributed by atoms with Crippen molar-refractivity contribution in [2.75, 3.05) is 6.54 Å². The van der Waals surface area contributed by atoms with Crippen molar-refractivity contribution in [1.29, 1.82) is 0 Å². The molecule has 0 radical (unpaired) electrons. The van der Waals surface area contributed by atoms with E-state index in [2.05, 4.69) is 15.0 Å². The van der Waals surface area contributed by atoms with Gasteiger partial charge in [-0.25, -0.2) is 19.3 Å². The zero-order valence-corrected chi connectivity index (χ0v) is 16.7. The van der Waals surface area contributed by atoms with Crippen LogP contribution in [0.15, 0.2) is 55.0 Å². The quantitative estimate of drug-likeness (QED) is 0.633. The Labute approximate surface area is 177 Å². The van der Waals surface area contributed by atoms with E-state index >= 15 is 0 Å². The second-order valence-electron chi connectivity index (χ2n) is 7.57. The Kier molecular flexibility index (Phi) is 4.83. The summed E-state index contributed by atoms with van der Waals surface area (Å²) in [6.07, 6.45) is 6.15. The minimum absolute atomic E-state index is 0.0900. The fraction of sp³-hybridized carbons (Fsp3) is 0.273. The third-order valence-electron chi connectivity index (χ3n) is 5.69. The van der Waals surface area contributed by atoms with Crippen molar-refractivity contribution in [2.24, 2.45) is 5.92 Å². The maximum absolute atomic E-state index is 14.7. The van der Waals surface area contributed by atoms with E-state index in [4.69, 9.17) is 16.3 Å². The van der Waals surface area contributed by atoms with E-state index in [0.29, 0.717) is 23.4 Å². The molecule has 2 aromatic heterocycles. The van der Waals surface area contributed by atoms with Gasteiger partial charge < -0.3 is 9.64 Å². The van der Waals surface area contributed by atoms with Crippen LogP contribution in [0.2, 0.25) is 5.02 Å². The maximum atomic E-state index is 14.7. The van der Waals surface area contributed by atoms with Crippen LogP contribution in [0.4, 0.5) is 4.39 Å². The van der Waals surface area contributed by atoms with Gasteiger partial charge in [0, 0.05) is 31.2 Å². The van der Waals surface area contributed by atoms with Gasteiger partial charge in [0.2, 0.25) is 5.88 Å². The van der Waals surface area contributed by atoms with Crippen molar-refractivity contribution < 1.29 is 13.9 Å². The third kappa shape index (κ3) is 3.39. The number of likely N-dealkylation sites (tertiary alicyclic amines) is 1. The van der Waals surface area contributed by atoms with Crippen LogP contribution in [0.3, 0.4) is 0 Å². The fourth-order valence-corrected chi connectivity index (χ4v) is 4.54. The number of aromatic nitrogens is 3. The number of ether oxygens (including phenoxy) is 1. The highest BCUT2D eigenvalue weighted by Gasteiger charge is 2.48. The van der Waals surface area contributed by atoms with E-state index in [0.717, 1.165) is 12.8 Å². The van der Waals surface area contributed by atoms with Crippen molar-refractivity contribution in [1.82, 2.24) is 19.9 Å². The second kappa shape index (κ2) is 7.65. The topological polar surface area (TPSA) is 68.2 Å². The molecular formula is C22H18ClFN4O2. The van der Waals surface area contributed by atoms with Crippen LogP contribution >= 0.6 is 11.6 Å². The summed E-state index contributed by atoms with van der Waals surface area (Å²) in [6.45, 7) is 0.628. The molecule has 2 bridgehead atoms. The van der Waals surface area contributed by atoms with Gasteiger partial charge in [-0.15, -0.1) is 0 Å². The van der Waals surface area contributed by atoms with Crippen LogP contribution in [0.1, 0.15) is 23.2 Å². The summed E-state index contributed by atoms with van der Waals surface area (Å²) in [4.78, 5) is 27.7. The molecular weight excluding hydrogens is 407 g/mol. The van der Waals surface area contributed by atoms with Crippen molar-refractivity contribution in [2.45, 2.75) is 25.0 Å². The largest absolute Gasteiger partial charge is 0.472 e. The molecule has 3 heterocycles. The van der Waals surface area contributed by atoms with E-state index < -0.39 is 5.82 Å². The first-order valence-electron chi connectivity index (χ1n) is 9.75. The van der Waals surface area contributed by atoms with Gasteiger partial charge in [-0.3, -0.25) is 4.79 Å². The van der Waals surface area contributed by atoms with Crippen LogP contribution in [0.25, 0.3) is 11.4 Å². The maximum Gasteiger partial charge on any atom is 0.255 e. The normalized spacial score (nSPS) is 22.3. The standard InChI is InChI=1S/C22H18ClFN4O2/c23-14-5-6-19(27-11-14)30-18-10-13-9-17(18)28(12-13)22(29)15-3-1-4-16(24)20(15)21-25-7-2-8-26-21/h1-8,11,13,17-18H,9-10,12H2/t13-,17+,18-/m1/s1. The second-order valence-corrected chi connectivity index (χ2v) is 8.00. The van der Waals surface area contributed by atoms with Gasteiger partial charge in [0.05, 0.1) is 22.2 Å². The molecule has 0 N–H and O–H groups in total. The lowest BCUT2D eigenvalue weighted by Gasteiger charge is -2.33. The van der Waals surface area contributed by atoms with Crippen LogP contribution in [-0.2, 0) is 0 Å². The number of hydrogen-bond donors (Lipinski definition) is 0. The van der Waals surface area contributed by atoms with Crippen LogP contribution in [-0.4, -0.2) is 44.4 Å². The average molecular weight is 425 g/mol. The Morgan fingerprint density at radius 3 is 2.67 bits per heavy atom. The Hall–Kier alpha value is -3.06. The molecule has 8 heteroatoms. The molecule has 1 saturated carbocycles. The molecule has 6 nitrogen and oxygen atoms in total. The van der Waals surface area contributed by atoms with Gasteiger partial charge in [0.15, 0.2) is 5.82 Å². The summed E-state index contributed by atoms with van der Waals surface area (Å²) < 4.78 is 20.7. The monoisotopic (exact) mass is 424 g/mol. The molecule has 30 heavy (non-hydrogen) atoms. The van der Waals surface area contributed by atoms with Crippen molar-refractivity contribution in [3.05, 3.63) is 71.4 Å². The molecule has 152 valence electrons. The average Bonchev–Trinajstić information content (AvgIpc) is 3.36. The fourth-order valence-electron chi connectivity index (χ4n) is 4.43. The highest BCUT2D eigenvalue weighted by atomic mass is 35.5. The van der Waals surface area contributed by atoms with Gasteiger partial charge in [-0.05, 0) is 43.0 Å². The molecule has 3 aromatic rings. The number of amides is 1. The van der Waals surface area contributed by atoms with Crippen molar-refractivity contribution >= 4 is 17.5 Å². The van der Waals surface area contributed by atoms with Crippen LogP contribution < -0.4 is 4.74 Å². The van der Waals surface area contributed by atoms with E-state index in [1.165, 1.54) is 30.7 Å². The highest BCUT2D eigenvalue weighted by molar-refractivity contribution is 6.30. The molecule has 1 aliphatic carbocycles. The number of fused-ring (bicyclic) bond motifs is 2. The van der Waals surface area contributed by atoms with Crippen molar-refractivity contribution in [3.63, 3.8) is 0 Å². The van der Waals surface area contributed by atoms with E-state index in [-0.39, 0.29) is 35.0 Å². The molecule has 0 unspecified atom stereocenters. The molecule has 1 amide bonds. The molecule has 0 spiro atoms. The van der Waals surface area contributed by atoms with Crippen LogP contribution in [0, 0.1) is 11.7 Å². The van der Waals surface area contributed by atoms with Crippen molar-refractivity contribution in [3.8, 4) is 17.3 Å². The zero-order chi connectivity index (χ0) is 20.7. The summed E-state index contributed by atoms with van der Waals surface area (Å²) in [6, 6.07) is 9.48. The number of carbonyl (C=O) groups excluding carboxylic acids is 1. The Bertz CT molecular complexity index is 1080. The lowest BCUT2D eigenvalue weighted by atomic mass is 10.0. The van der Waals surface area contributed by atoms with E-state index in [1.807, 2.05) is 0 Å². The lowest BCUT2D eigenvalue weighted by Crippen LogP contribution is -2.47. The first-order chi connectivity index (χ1) is 14.6. The summed E-state index contributed by atoms with van der Waals surface area (Å²) in [5, 5.41) is 0.536. The van der Waals surface area contributed by atoms with Crippen LogP contribution in [0.5, 0.6) is 5.88 Å². The minimum atomic E-state index is -0.519. The Morgan fingerprint density at radius 2 is 1.93 bits per heavy atom. The first kappa shape index (κ1) is 18.9. The third-order valence-corrected chi connectivity index (χ3v) is 5.92. The van der Waals surface area contributed by atoms with Gasteiger partial charge >= 0.3 is 0 Å². The molecule has 2 fully saturated rings. The predicted octanol–water partition coefficient (Wildman–Crippen LogP) is 4.01. The number of nitrogens with zero attached hydrogens (tertiary/aromatic N) is 4. The minimum Gasteiger partial charge on any atom is -0.472 e. The van der Waals surface area contributed by atoms with Gasteiger partial charge in [0.25, 0.3) is 5.91 Å². The number of pyridine rings is 1. The van der Waals surface area contributed by atoms with E-state index in [1.54, 1.807) is 29.2 Å². The lowest BCUT2D eigenvalue weighted by molar-refractivity contribution is 0.0467. The summed E-state index contributed by atoms with van der Waals surface area (Å²) in [7, 11) is 0. The predicted molar refractivity (Wildman–Crippen MR) is 109 cm³/mol. The highest BCUT2D eigenvalue weighted by Crippen LogP contribution is 2.41. The summed E-state index contributed by atoms with van der Waals surface area (Å²) in [5.74, 6) is 0.271. The number of hydrogen-bond acceptors (Lipinski definition) is 5. The zero-order valence-electron chi connectivity index (χ0n) is 15.9. The summed E-state index contributed by atoms with van der Waals surface area (Å²) >= 11 is 5.89. The number of halogens is 2. The molecule has 1 saturated heterocycles. The molecule has 1 aromatic carbocycles. The molecule has 3 atom stereocenters. The van der Waals surface area contributed by atoms with E-state index in [9.17, 15) is 9.18 Å². The molecule has 1 aliphatic heterocycles. The summed E-state index contributed by atoms with van der Waals surface area (Å²) in [5.41, 5.74) is 0.389.